The van der Waals surface area contributed by atoms with Crippen molar-refractivity contribution in [2.45, 2.75) is 26.8 Å². The second-order valence-corrected chi connectivity index (χ2v) is 5.42. The number of carbonyl (C=O) groups is 1. The summed E-state index contributed by atoms with van der Waals surface area (Å²) in [6.45, 7) is 5.64. The van der Waals surface area contributed by atoms with Gasteiger partial charge in [-0.2, -0.15) is 5.10 Å². The third-order valence-corrected chi connectivity index (χ3v) is 3.44. The van der Waals surface area contributed by atoms with E-state index >= 15 is 0 Å². The zero-order valence-corrected chi connectivity index (χ0v) is 13.1. The average molecular weight is 302 g/mol. The molecule has 1 heterocycles. The molecule has 3 N–H and O–H groups in total. The molecule has 0 aliphatic heterocycles. The first-order chi connectivity index (χ1) is 9.88. The number of benzene rings is 1. The SMILES string of the molecule is Cc1cc(C)n(C(C)C(=O)Nc2cccc(C(N)=S)c2)n1. The molecule has 0 radical (unpaired) electrons. The first kappa shape index (κ1) is 15.2. The molecule has 0 aliphatic carbocycles. The monoisotopic (exact) mass is 302 g/mol. The van der Waals surface area contributed by atoms with E-state index in [1.807, 2.05) is 32.9 Å². The Hall–Kier alpha value is -2.21. The van der Waals surface area contributed by atoms with Crippen molar-refractivity contribution in [1.82, 2.24) is 9.78 Å². The summed E-state index contributed by atoms with van der Waals surface area (Å²) in [4.78, 5) is 12.6. The van der Waals surface area contributed by atoms with Crippen molar-refractivity contribution in [2.24, 2.45) is 5.73 Å². The van der Waals surface area contributed by atoms with Crippen LogP contribution in [0, 0.1) is 13.8 Å². The first-order valence-electron chi connectivity index (χ1n) is 6.62. The number of aromatic nitrogens is 2. The van der Waals surface area contributed by atoms with Crippen LogP contribution < -0.4 is 11.1 Å². The Morgan fingerprint density at radius 1 is 1.38 bits per heavy atom. The molecule has 1 aromatic heterocycles. The minimum absolute atomic E-state index is 0.138. The van der Waals surface area contributed by atoms with E-state index in [1.165, 1.54) is 0 Å². The van der Waals surface area contributed by atoms with Gasteiger partial charge >= 0.3 is 0 Å². The number of nitrogens with one attached hydrogen (secondary N) is 1. The number of carbonyl (C=O) groups excluding carboxylic acids is 1. The van der Waals surface area contributed by atoms with Gasteiger partial charge in [-0.3, -0.25) is 9.48 Å². The number of aryl methyl sites for hydroxylation is 2. The van der Waals surface area contributed by atoms with Crippen LogP contribution in [0.1, 0.15) is 29.9 Å². The van der Waals surface area contributed by atoms with E-state index in [4.69, 9.17) is 18.0 Å². The van der Waals surface area contributed by atoms with Crippen LogP contribution >= 0.6 is 12.2 Å². The molecule has 5 nitrogen and oxygen atoms in total. The van der Waals surface area contributed by atoms with Gasteiger partial charge in [0.05, 0.1) is 5.69 Å². The number of nitrogens with two attached hydrogens (primary N) is 1. The van der Waals surface area contributed by atoms with Gasteiger partial charge < -0.3 is 11.1 Å². The summed E-state index contributed by atoms with van der Waals surface area (Å²) in [5, 5.41) is 7.19. The fourth-order valence-corrected chi connectivity index (χ4v) is 2.27. The fraction of sp³-hybridized carbons (Fsp3) is 0.267. The molecule has 0 bridgehead atoms. The Balaban J connectivity index is 2.16. The quantitative estimate of drug-likeness (QED) is 0.850. The van der Waals surface area contributed by atoms with Gasteiger partial charge in [-0.1, -0.05) is 24.4 Å². The van der Waals surface area contributed by atoms with Gasteiger partial charge in [0.1, 0.15) is 11.0 Å². The maximum Gasteiger partial charge on any atom is 0.248 e. The smallest absolute Gasteiger partial charge is 0.248 e. The van der Waals surface area contributed by atoms with Crippen LogP contribution in [0.25, 0.3) is 0 Å². The van der Waals surface area contributed by atoms with Gasteiger partial charge in [-0.05, 0) is 39.0 Å². The van der Waals surface area contributed by atoms with Crippen molar-refractivity contribution in [2.75, 3.05) is 5.32 Å². The Kier molecular flexibility index (Phi) is 4.37. The van der Waals surface area contributed by atoms with Crippen molar-refractivity contribution in [3.63, 3.8) is 0 Å². The molecule has 0 saturated carbocycles. The highest BCUT2D eigenvalue weighted by molar-refractivity contribution is 7.80. The van der Waals surface area contributed by atoms with Gasteiger partial charge in [-0.25, -0.2) is 0 Å². The number of hydrogen-bond donors (Lipinski definition) is 2. The largest absolute Gasteiger partial charge is 0.389 e. The Bertz CT molecular complexity index is 693. The highest BCUT2D eigenvalue weighted by Crippen LogP contribution is 2.15. The van der Waals surface area contributed by atoms with Crippen LogP contribution in [0.5, 0.6) is 0 Å². The Morgan fingerprint density at radius 3 is 2.67 bits per heavy atom. The number of anilines is 1. The van der Waals surface area contributed by atoms with Crippen LogP contribution in [0.3, 0.4) is 0 Å². The van der Waals surface area contributed by atoms with Crippen LogP contribution in [0.15, 0.2) is 30.3 Å². The molecular weight excluding hydrogens is 284 g/mol. The summed E-state index contributed by atoms with van der Waals surface area (Å²) in [5.41, 5.74) is 8.82. The zero-order valence-electron chi connectivity index (χ0n) is 12.3. The predicted molar refractivity (Wildman–Crippen MR) is 87.4 cm³/mol. The molecule has 1 atom stereocenters. The summed E-state index contributed by atoms with van der Waals surface area (Å²) < 4.78 is 1.71. The Labute approximate surface area is 129 Å². The molecule has 0 saturated heterocycles. The molecule has 1 unspecified atom stereocenters. The van der Waals surface area contributed by atoms with Crippen molar-refractivity contribution >= 4 is 28.8 Å². The molecule has 6 heteroatoms. The second-order valence-electron chi connectivity index (χ2n) is 4.98. The van der Waals surface area contributed by atoms with Crippen molar-refractivity contribution in [3.8, 4) is 0 Å². The van der Waals surface area contributed by atoms with E-state index in [9.17, 15) is 4.79 Å². The number of nitrogens with zero attached hydrogens (tertiary/aromatic N) is 2. The Morgan fingerprint density at radius 2 is 2.10 bits per heavy atom. The minimum Gasteiger partial charge on any atom is -0.389 e. The third kappa shape index (κ3) is 3.46. The normalized spacial score (nSPS) is 12.0. The summed E-state index contributed by atoms with van der Waals surface area (Å²) in [5.74, 6) is -0.138. The molecule has 2 rings (SSSR count). The molecular formula is C15H18N4OS. The summed E-state index contributed by atoms with van der Waals surface area (Å²) >= 11 is 4.93. The number of thiocarbonyl (C=S) groups is 1. The topological polar surface area (TPSA) is 72.9 Å². The highest BCUT2D eigenvalue weighted by Gasteiger charge is 2.18. The maximum absolute atomic E-state index is 12.3. The van der Waals surface area contributed by atoms with E-state index in [0.29, 0.717) is 10.7 Å². The van der Waals surface area contributed by atoms with E-state index in [0.717, 1.165) is 17.0 Å². The van der Waals surface area contributed by atoms with E-state index in [1.54, 1.807) is 22.9 Å². The zero-order chi connectivity index (χ0) is 15.6. The van der Waals surface area contributed by atoms with E-state index in [-0.39, 0.29) is 5.91 Å². The van der Waals surface area contributed by atoms with Gasteiger partial charge in [-0.15, -0.1) is 0 Å². The fourth-order valence-electron chi connectivity index (χ4n) is 2.15. The summed E-state index contributed by atoms with van der Waals surface area (Å²) in [6.07, 6.45) is 0. The molecule has 110 valence electrons. The standard InChI is InChI=1S/C15H18N4OS/c1-9-7-10(2)19(18-9)11(3)15(20)17-13-6-4-5-12(8-13)14(16)21/h4-8,11H,1-3H3,(H2,16,21)(H,17,20). The molecule has 2 aromatic rings. The number of amides is 1. The van der Waals surface area contributed by atoms with Gasteiger partial charge in [0.2, 0.25) is 5.91 Å². The maximum atomic E-state index is 12.3. The van der Waals surface area contributed by atoms with E-state index in [2.05, 4.69) is 10.4 Å². The molecule has 0 fully saturated rings. The van der Waals surface area contributed by atoms with Gasteiger partial charge in [0, 0.05) is 16.9 Å². The third-order valence-electron chi connectivity index (χ3n) is 3.21. The van der Waals surface area contributed by atoms with Crippen molar-refractivity contribution in [1.29, 1.82) is 0 Å². The van der Waals surface area contributed by atoms with Crippen LogP contribution in [0.2, 0.25) is 0 Å². The van der Waals surface area contributed by atoms with Crippen LogP contribution in [-0.2, 0) is 4.79 Å². The first-order valence-corrected chi connectivity index (χ1v) is 7.03. The number of hydrogen-bond acceptors (Lipinski definition) is 3. The van der Waals surface area contributed by atoms with Crippen molar-refractivity contribution < 1.29 is 4.79 Å². The summed E-state index contributed by atoms with van der Waals surface area (Å²) in [7, 11) is 0. The predicted octanol–water partition coefficient (Wildman–Crippen LogP) is 2.33. The van der Waals surface area contributed by atoms with E-state index < -0.39 is 6.04 Å². The molecule has 1 aromatic carbocycles. The number of rotatable bonds is 4. The lowest BCUT2D eigenvalue weighted by Gasteiger charge is -2.15. The van der Waals surface area contributed by atoms with Crippen molar-refractivity contribution in [3.05, 3.63) is 47.3 Å². The van der Waals surface area contributed by atoms with Crippen LogP contribution in [0.4, 0.5) is 5.69 Å². The highest BCUT2D eigenvalue weighted by atomic mass is 32.1. The molecule has 21 heavy (non-hydrogen) atoms. The molecule has 0 aliphatic rings. The van der Waals surface area contributed by atoms with Crippen LogP contribution in [-0.4, -0.2) is 20.7 Å². The van der Waals surface area contributed by atoms with Gasteiger partial charge in [0.15, 0.2) is 0 Å². The lowest BCUT2D eigenvalue weighted by Crippen LogP contribution is -2.25. The minimum atomic E-state index is -0.396. The average Bonchev–Trinajstić information content (AvgIpc) is 2.77. The summed E-state index contributed by atoms with van der Waals surface area (Å²) in [6, 6.07) is 8.71. The second kappa shape index (κ2) is 6.05. The molecule has 0 spiro atoms. The van der Waals surface area contributed by atoms with Gasteiger partial charge in [0.25, 0.3) is 0 Å². The lowest BCUT2D eigenvalue weighted by molar-refractivity contribution is -0.119. The lowest BCUT2D eigenvalue weighted by atomic mass is 10.2. The molecule has 1 amide bonds.